The summed E-state index contributed by atoms with van der Waals surface area (Å²) >= 11 is 0. The summed E-state index contributed by atoms with van der Waals surface area (Å²) in [4.78, 5) is 25.4. The lowest BCUT2D eigenvalue weighted by Crippen LogP contribution is -2.50. The maximum atomic E-state index is 12.4. The molecule has 7 heteroatoms. The molecule has 1 aromatic carbocycles. The SMILES string of the molecule is CCNc1nc(C)cc(N2CCN(C(=O)COc3ccc(C)cc3)CC2)n1. The Hall–Kier alpha value is -2.83. The Morgan fingerprint density at radius 1 is 1.11 bits per heavy atom. The minimum atomic E-state index is 0.0161. The Kier molecular flexibility index (Phi) is 6.11. The van der Waals surface area contributed by atoms with E-state index >= 15 is 0 Å². The molecule has 1 amide bonds. The first-order chi connectivity index (χ1) is 13.0. The van der Waals surface area contributed by atoms with Crippen LogP contribution in [-0.2, 0) is 4.79 Å². The van der Waals surface area contributed by atoms with Gasteiger partial charge in [-0.3, -0.25) is 4.79 Å². The Morgan fingerprint density at radius 3 is 2.48 bits per heavy atom. The van der Waals surface area contributed by atoms with Gasteiger partial charge in [-0.25, -0.2) is 4.98 Å². The van der Waals surface area contributed by atoms with Crippen molar-refractivity contribution >= 4 is 17.7 Å². The van der Waals surface area contributed by atoms with E-state index in [1.165, 1.54) is 5.56 Å². The van der Waals surface area contributed by atoms with Gasteiger partial charge in [0.1, 0.15) is 11.6 Å². The van der Waals surface area contributed by atoms with Crippen LogP contribution >= 0.6 is 0 Å². The molecule has 0 spiro atoms. The molecule has 1 aliphatic heterocycles. The summed E-state index contributed by atoms with van der Waals surface area (Å²) in [6.07, 6.45) is 0. The van der Waals surface area contributed by atoms with Crippen molar-refractivity contribution in [1.29, 1.82) is 0 Å². The van der Waals surface area contributed by atoms with E-state index in [0.717, 1.165) is 36.9 Å². The van der Waals surface area contributed by atoms with E-state index in [2.05, 4.69) is 20.2 Å². The van der Waals surface area contributed by atoms with E-state index < -0.39 is 0 Å². The van der Waals surface area contributed by atoms with Crippen molar-refractivity contribution in [2.45, 2.75) is 20.8 Å². The van der Waals surface area contributed by atoms with Crippen LogP contribution in [0.3, 0.4) is 0 Å². The summed E-state index contributed by atoms with van der Waals surface area (Å²) < 4.78 is 5.61. The molecule has 1 aromatic heterocycles. The number of aryl methyl sites for hydroxylation is 2. The van der Waals surface area contributed by atoms with Crippen molar-refractivity contribution in [3.8, 4) is 5.75 Å². The molecule has 1 aliphatic rings. The van der Waals surface area contributed by atoms with Crippen LogP contribution in [0.15, 0.2) is 30.3 Å². The van der Waals surface area contributed by atoms with Crippen molar-refractivity contribution in [2.24, 2.45) is 0 Å². The number of benzene rings is 1. The highest BCUT2D eigenvalue weighted by Gasteiger charge is 2.22. The van der Waals surface area contributed by atoms with Gasteiger partial charge in [0.15, 0.2) is 6.61 Å². The summed E-state index contributed by atoms with van der Waals surface area (Å²) in [5, 5.41) is 3.16. The maximum absolute atomic E-state index is 12.4. The number of hydrogen-bond acceptors (Lipinski definition) is 6. The summed E-state index contributed by atoms with van der Waals surface area (Å²) in [7, 11) is 0. The van der Waals surface area contributed by atoms with Crippen molar-refractivity contribution in [3.63, 3.8) is 0 Å². The lowest BCUT2D eigenvalue weighted by Gasteiger charge is -2.35. The van der Waals surface area contributed by atoms with Crippen molar-refractivity contribution in [1.82, 2.24) is 14.9 Å². The summed E-state index contributed by atoms with van der Waals surface area (Å²) in [5.41, 5.74) is 2.10. The van der Waals surface area contributed by atoms with Crippen LogP contribution in [0, 0.1) is 13.8 Å². The second-order valence-corrected chi connectivity index (χ2v) is 6.69. The van der Waals surface area contributed by atoms with Gasteiger partial charge in [0, 0.05) is 44.5 Å². The molecule has 2 heterocycles. The molecule has 0 aliphatic carbocycles. The third-order valence-electron chi connectivity index (χ3n) is 4.52. The summed E-state index contributed by atoms with van der Waals surface area (Å²) in [5.74, 6) is 2.29. The first kappa shape index (κ1) is 18.9. The molecule has 0 radical (unpaired) electrons. The van der Waals surface area contributed by atoms with Gasteiger partial charge < -0.3 is 19.9 Å². The largest absolute Gasteiger partial charge is 0.484 e. The van der Waals surface area contributed by atoms with Crippen molar-refractivity contribution in [3.05, 3.63) is 41.6 Å². The molecule has 2 aromatic rings. The molecule has 0 bridgehead atoms. The van der Waals surface area contributed by atoms with Gasteiger partial charge in [-0.15, -0.1) is 0 Å². The molecule has 0 atom stereocenters. The maximum Gasteiger partial charge on any atom is 0.260 e. The lowest BCUT2D eigenvalue weighted by molar-refractivity contribution is -0.133. The molecular weight excluding hydrogens is 342 g/mol. The number of nitrogens with zero attached hydrogens (tertiary/aromatic N) is 4. The van der Waals surface area contributed by atoms with Crippen molar-refractivity contribution in [2.75, 3.05) is 49.5 Å². The van der Waals surface area contributed by atoms with Crippen LogP contribution in [0.5, 0.6) is 5.75 Å². The Labute approximate surface area is 160 Å². The smallest absolute Gasteiger partial charge is 0.260 e. The minimum Gasteiger partial charge on any atom is -0.484 e. The van der Waals surface area contributed by atoms with E-state index in [1.807, 2.05) is 56.0 Å². The number of aromatic nitrogens is 2. The molecule has 3 rings (SSSR count). The third-order valence-corrected chi connectivity index (χ3v) is 4.52. The average Bonchev–Trinajstić information content (AvgIpc) is 2.67. The van der Waals surface area contributed by atoms with E-state index in [0.29, 0.717) is 19.0 Å². The van der Waals surface area contributed by atoms with Crippen LogP contribution in [0.2, 0.25) is 0 Å². The number of rotatable bonds is 6. The predicted molar refractivity (Wildman–Crippen MR) is 106 cm³/mol. The first-order valence-electron chi connectivity index (χ1n) is 9.37. The zero-order valence-electron chi connectivity index (χ0n) is 16.2. The Morgan fingerprint density at radius 2 is 1.81 bits per heavy atom. The molecule has 1 N–H and O–H groups in total. The fourth-order valence-electron chi connectivity index (χ4n) is 3.01. The van der Waals surface area contributed by atoms with Crippen LogP contribution in [0.1, 0.15) is 18.2 Å². The number of carbonyl (C=O) groups is 1. The van der Waals surface area contributed by atoms with E-state index in [1.54, 1.807) is 0 Å². The standard InChI is InChI=1S/C20H27N5O2/c1-4-21-20-22-16(3)13-18(23-20)24-9-11-25(12-10-24)19(26)14-27-17-7-5-15(2)6-8-17/h5-8,13H,4,9-12,14H2,1-3H3,(H,21,22,23). The third kappa shape index (κ3) is 5.09. The van der Waals surface area contributed by atoms with Gasteiger partial charge in [0.05, 0.1) is 0 Å². The highest BCUT2D eigenvalue weighted by molar-refractivity contribution is 5.78. The quantitative estimate of drug-likeness (QED) is 0.842. The molecule has 1 saturated heterocycles. The van der Waals surface area contributed by atoms with Crippen LogP contribution in [0.4, 0.5) is 11.8 Å². The zero-order chi connectivity index (χ0) is 19.2. The number of amides is 1. The first-order valence-corrected chi connectivity index (χ1v) is 9.37. The summed E-state index contributed by atoms with van der Waals surface area (Å²) in [6.45, 7) is 9.69. The van der Waals surface area contributed by atoms with Gasteiger partial charge in [-0.2, -0.15) is 4.98 Å². The van der Waals surface area contributed by atoms with Gasteiger partial charge in [0.25, 0.3) is 5.91 Å². The fourth-order valence-corrected chi connectivity index (χ4v) is 3.01. The van der Waals surface area contributed by atoms with E-state index in [-0.39, 0.29) is 12.5 Å². The van der Waals surface area contributed by atoms with Gasteiger partial charge in [0.2, 0.25) is 5.95 Å². The number of carbonyl (C=O) groups excluding carboxylic acids is 1. The van der Waals surface area contributed by atoms with Gasteiger partial charge in [-0.05, 0) is 32.9 Å². The molecule has 0 unspecified atom stereocenters. The molecular formula is C20H27N5O2. The second-order valence-electron chi connectivity index (χ2n) is 6.69. The monoisotopic (exact) mass is 369 g/mol. The predicted octanol–water partition coefficient (Wildman–Crippen LogP) is 2.25. The van der Waals surface area contributed by atoms with Gasteiger partial charge in [-0.1, -0.05) is 17.7 Å². The highest BCUT2D eigenvalue weighted by atomic mass is 16.5. The van der Waals surface area contributed by atoms with Gasteiger partial charge >= 0.3 is 0 Å². The van der Waals surface area contributed by atoms with E-state index in [9.17, 15) is 4.79 Å². The minimum absolute atomic E-state index is 0.0161. The normalized spacial score (nSPS) is 14.2. The zero-order valence-corrected chi connectivity index (χ0v) is 16.2. The van der Waals surface area contributed by atoms with Crippen LogP contribution < -0.4 is 15.0 Å². The molecule has 144 valence electrons. The highest BCUT2D eigenvalue weighted by Crippen LogP contribution is 2.17. The van der Waals surface area contributed by atoms with Crippen LogP contribution in [-0.4, -0.2) is 60.1 Å². The van der Waals surface area contributed by atoms with Crippen LogP contribution in [0.25, 0.3) is 0 Å². The fraction of sp³-hybridized carbons (Fsp3) is 0.450. The second kappa shape index (κ2) is 8.70. The number of hydrogen-bond donors (Lipinski definition) is 1. The topological polar surface area (TPSA) is 70.6 Å². The number of nitrogens with one attached hydrogen (secondary N) is 1. The molecule has 7 nitrogen and oxygen atoms in total. The lowest BCUT2D eigenvalue weighted by atomic mass is 10.2. The Bertz CT molecular complexity index is 770. The molecule has 27 heavy (non-hydrogen) atoms. The molecule has 1 fully saturated rings. The number of anilines is 2. The van der Waals surface area contributed by atoms with Crippen molar-refractivity contribution < 1.29 is 9.53 Å². The number of piperazine rings is 1. The molecule has 0 saturated carbocycles. The Balaban J connectivity index is 1.52. The number of ether oxygens (including phenoxy) is 1. The average molecular weight is 369 g/mol. The van der Waals surface area contributed by atoms with E-state index in [4.69, 9.17) is 4.74 Å². The summed E-state index contributed by atoms with van der Waals surface area (Å²) in [6, 6.07) is 9.71.